The van der Waals surface area contributed by atoms with Crippen molar-refractivity contribution in [2.45, 2.75) is 4.90 Å². The molecule has 7 nitrogen and oxygen atoms in total. The van der Waals surface area contributed by atoms with E-state index in [0.29, 0.717) is 15.9 Å². The van der Waals surface area contributed by atoms with Crippen LogP contribution in [-0.4, -0.2) is 36.8 Å². The monoisotopic (exact) mass is 348 g/mol. The number of hydrogen-bond acceptors (Lipinski definition) is 6. The smallest absolute Gasteiger partial charge is 0.289 e. The van der Waals surface area contributed by atoms with Crippen molar-refractivity contribution in [3.8, 4) is 0 Å². The highest BCUT2D eigenvalue weighted by atomic mass is 32.2. The molecule has 2 N–H and O–H groups in total. The van der Waals surface area contributed by atoms with Crippen LogP contribution in [0.4, 0.5) is 0 Å². The van der Waals surface area contributed by atoms with Gasteiger partial charge in [-0.3, -0.25) is 4.79 Å². The van der Waals surface area contributed by atoms with Crippen LogP contribution >= 0.6 is 11.3 Å². The van der Waals surface area contributed by atoms with Crippen LogP contribution < -0.4 is 5.43 Å². The molecule has 0 spiro atoms. The van der Waals surface area contributed by atoms with Gasteiger partial charge in [0.25, 0.3) is 5.91 Å². The summed E-state index contributed by atoms with van der Waals surface area (Å²) < 4.78 is 24.1. The van der Waals surface area contributed by atoms with Crippen molar-refractivity contribution in [2.24, 2.45) is 5.10 Å². The molecule has 1 aromatic carbocycles. The third-order valence-electron chi connectivity index (χ3n) is 3.05. The molecule has 0 aliphatic heterocycles. The number of aromatic nitrogens is 2. The summed E-state index contributed by atoms with van der Waals surface area (Å²) in [7, 11) is -3.58. The van der Waals surface area contributed by atoms with Crippen LogP contribution in [0.5, 0.6) is 0 Å². The summed E-state index contributed by atoms with van der Waals surface area (Å²) in [4.78, 5) is 19.1. The number of carbonyl (C=O) groups is 1. The van der Waals surface area contributed by atoms with E-state index in [1.165, 1.54) is 17.6 Å². The highest BCUT2D eigenvalue weighted by Crippen LogP contribution is 2.26. The fraction of sp³-hybridized carbons (Fsp3) is 0.0714. The second-order valence-corrected chi connectivity index (χ2v) is 7.60. The number of hydrazone groups is 1. The van der Waals surface area contributed by atoms with Crippen LogP contribution in [0.2, 0.25) is 0 Å². The van der Waals surface area contributed by atoms with Gasteiger partial charge in [0.2, 0.25) is 0 Å². The number of H-pyrrole nitrogens is 1. The van der Waals surface area contributed by atoms with E-state index < -0.39 is 15.7 Å². The topological polar surface area (TPSA) is 104 Å². The first-order valence-corrected chi connectivity index (χ1v) is 9.27. The molecule has 0 atom stereocenters. The molecule has 9 heteroatoms. The van der Waals surface area contributed by atoms with E-state index in [9.17, 15) is 13.2 Å². The predicted octanol–water partition coefficient (Wildman–Crippen LogP) is 1.79. The predicted molar refractivity (Wildman–Crippen MR) is 88.6 cm³/mol. The molecule has 118 valence electrons. The molecule has 0 radical (unpaired) electrons. The average Bonchev–Trinajstić information content (AvgIpc) is 3.13. The molecular formula is C14H12N4O3S2. The summed E-state index contributed by atoms with van der Waals surface area (Å²) in [6.45, 7) is 0. The molecule has 0 fully saturated rings. The minimum absolute atomic E-state index is 0.0324. The van der Waals surface area contributed by atoms with Gasteiger partial charge < -0.3 is 4.98 Å². The molecular weight excluding hydrogens is 336 g/mol. The lowest BCUT2D eigenvalue weighted by molar-refractivity contribution is 0.0947. The third-order valence-corrected chi connectivity index (χ3v) is 4.92. The zero-order valence-electron chi connectivity index (χ0n) is 12.0. The number of aromatic amines is 1. The molecule has 3 rings (SSSR count). The number of fused-ring (bicyclic) bond motifs is 1. The van der Waals surface area contributed by atoms with Crippen LogP contribution in [-0.2, 0) is 9.84 Å². The second-order valence-electron chi connectivity index (χ2n) is 4.72. The van der Waals surface area contributed by atoms with E-state index in [0.717, 1.165) is 6.26 Å². The first-order valence-electron chi connectivity index (χ1n) is 6.50. The van der Waals surface area contributed by atoms with E-state index in [-0.39, 0.29) is 10.6 Å². The Morgan fingerprint density at radius 1 is 1.39 bits per heavy atom. The number of nitrogens with zero attached hydrogens (tertiary/aromatic N) is 2. The highest BCUT2D eigenvalue weighted by molar-refractivity contribution is 7.91. The van der Waals surface area contributed by atoms with E-state index in [2.05, 4.69) is 20.5 Å². The summed E-state index contributed by atoms with van der Waals surface area (Å²) >= 11 is 1.37. The highest BCUT2D eigenvalue weighted by Gasteiger charge is 2.24. The van der Waals surface area contributed by atoms with Crippen LogP contribution in [0.15, 0.2) is 45.8 Å². The van der Waals surface area contributed by atoms with Crippen LogP contribution in [0.3, 0.4) is 0 Å². The lowest BCUT2D eigenvalue weighted by Crippen LogP contribution is -2.20. The number of benzene rings is 1. The lowest BCUT2D eigenvalue weighted by Gasteiger charge is -2.01. The summed E-state index contributed by atoms with van der Waals surface area (Å²) in [6, 6.07) is 6.83. The normalized spacial score (nSPS) is 12.0. The SMILES string of the molecule is CS(=O)(=O)c1c(C(=O)NN=Cc2nccs2)[nH]c2ccccc12. The maximum absolute atomic E-state index is 12.3. The van der Waals surface area contributed by atoms with Gasteiger partial charge in [0, 0.05) is 28.7 Å². The fourth-order valence-electron chi connectivity index (χ4n) is 2.16. The molecule has 0 bridgehead atoms. The molecule has 0 saturated heterocycles. The molecule has 1 amide bonds. The lowest BCUT2D eigenvalue weighted by atomic mass is 10.2. The summed E-state index contributed by atoms with van der Waals surface area (Å²) in [5, 5.41) is 6.68. The van der Waals surface area contributed by atoms with Gasteiger partial charge >= 0.3 is 0 Å². The van der Waals surface area contributed by atoms with Crippen molar-refractivity contribution < 1.29 is 13.2 Å². The van der Waals surface area contributed by atoms with Crippen molar-refractivity contribution in [1.82, 2.24) is 15.4 Å². The molecule has 0 aliphatic carbocycles. The zero-order valence-corrected chi connectivity index (χ0v) is 13.6. The van der Waals surface area contributed by atoms with Crippen molar-refractivity contribution in [1.29, 1.82) is 0 Å². The van der Waals surface area contributed by atoms with Gasteiger partial charge in [-0.25, -0.2) is 18.8 Å². The number of hydrogen-bond donors (Lipinski definition) is 2. The number of carbonyl (C=O) groups excluding carboxylic acids is 1. The maximum Gasteiger partial charge on any atom is 0.289 e. The number of sulfone groups is 1. The van der Waals surface area contributed by atoms with Crippen molar-refractivity contribution in [3.05, 3.63) is 46.5 Å². The standard InChI is InChI=1S/C14H12N4O3S2/c1-23(20,21)13-9-4-2-3-5-10(9)17-12(13)14(19)18-16-8-11-15-6-7-22-11/h2-8,17H,1H3,(H,18,19). The van der Waals surface area contributed by atoms with E-state index in [4.69, 9.17) is 0 Å². The Labute approximate surface area is 136 Å². The number of rotatable bonds is 4. The Bertz CT molecular complexity index is 988. The first kappa shape index (κ1) is 15.4. The summed E-state index contributed by atoms with van der Waals surface area (Å²) in [5.41, 5.74) is 2.85. The molecule has 3 aromatic rings. The quantitative estimate of drug-likeness (QED) is 0.554. The Morgan fingerprint density at radius 3 is 2.87 bits per heavy atom. The molecule has 2 aromatic heterocycles. The average molecular weight is 348 g/mol. The van der Waals surface area contributed by atoms with E-state index >= 15 is 0 Å². The Morgan fingerprint density at radius 2 is 2.17 bits per heavy atom. The molecule has 0 saturated carbocycles. The van der Waals surface area contributed by atoms with Gasteiger partial charge in [-0.05, 0) is 6.07 Å². The number of thiazole rings is 1. The molecule has 0 unspecified atom stereocenters. The van der Waals surface area contributed by atoms with Gasteiger partial charge in [0.1, 0.15) is 15.6 Å². The Balaban J connectivity index is 1.97. The van der Waals surface area contributed by atoms with Gasteiger partial charge in [0.05, 0.1) is 6.21 Å². The summed E-state index contributed by atoms with van der Waals surface area (Å²) in [6.07, 6.45) is 4.08. The number of nitrogens with one attached hydrogen (secondary N) is 2. The van der Waals surface area contributed by atoms with Crippen LogP contribution in [0.1, 0.15) is 15.5 Å². The Kier molecular flexibility index (Phi) is 3.97. The minimum atomic E-state index is -3.58. The molecule has 0 aliphatic rings. The minimum Gasteiger partial charge on any atom is -0.349 e. The third kappa shape index (κ3) is 3.15. The summed E-state index contributed by atoms with van der Waals surface area (Å²) in [5.74, 6) is -0.630. The number of para-hydroxylation sites is 1. The molecule has 23 heavy (non-hydrogen) atoms. The Hall–Kier alpha value is -2.52. The molecule has 2 heterocycles. The first-order chi connectivity index (χ1) is 11.0. The van der Waals surface area contributed by atoms with Crippen LogP contribution in [0.25, 0.3) is 10.9 Å². The largest absolute Gasteiger partial charge is 0.349 e. The van der Waals surface area contributed by atoms with Crippen LogP contribution in [0, 0.1) is 0 Å². The fourth-order valence-corrected chi connectivity index (χ4v) is 3.75. The van der Waals surface area contributed by atoms with Gasteiger partial charge in [-0.15, -0.1) is 11.3 Å². The van der Waals surface area contributed by atoms with Gasteiger partial charge in [-0.1, -0.05) is 18.2 Å². The van der Waals surface area contributed by atoms with Crippen molar-refractivity contribution in [2.75, 3.05) is 6.26 Å². The van der Waals surface area contributed by atoms with Gasteiger partial charge in [-0.2, -0.15) is 5.10 Å². The zero-order chi connectivity index (χ0) is 16.4. The van der Waals surface area contributed by atoms with Crippen molar-refractivity contribution >= 4 is 44.2 Å². The van der Waals surface area contributed by atoms with E-state index in [1.807, 2.05) is 0 Å². The maximum atomic E-state index is 12.3. The second kappa shape index (κ2) is 5.94. The number of amides is 1. The van der Waals surface area contributed by atoms with E-state index in [1.54, 1.807) is 35.8 Å². The van der Waals surface area contributed by atoms with Crippen molar-refractivity contribution in [3.63, 3.8) is 0 Å². The van der Waals surface area contributed by atoms with Gasteiger partial charge in [0.15, 0.2) is 9.84 Å².